The smallest absolute Gasteiger partial charge is 0.241 e. The van der Waals surface area contributed by atoms with E-state index in [9.17, 15) is 8.42 Å². The van der Waals surface area contributed by atoms with E-state index in [1.165, 1.54) is 13.2 Å². The minimum absolute atomic E-state index is 0.0423. The number of alkyl halides is 1. The molecule has 1 atom stereocenters. The molecular weight excluding hydrogens is 264 g/mol. The molecule has 0 heterocycles. The van der Waals surface area contributed by atoms with Crippen LogP contribution in [0.2, 0.25) is 0 Å². The quantitative estimate of drug-likeness (QED) is 0.765. The fraction of sp³-hybridized carbons (Fsp3) is 0.400. The summed E-state index contributed by atoms with van der Waals surface area (Å²) in [5, 5.41) is 5.10. The van der Waals surface area contributed by atoms with Gasteiger partial charge in [0.2, 0.25) is 10.0 Å². The van der Waals surface area contributed by atoms with Crippen molar-refractivity contribution >= 4 is 21.6 Å². The molecule has 5 nitrogen and oxygen atoms in total. The molecule has 0 fully saturated rings. The van der Waals surface area contributed by atoms with Crippen LogP contribution in [0.5, 0.6) is 5.75 Å². The van der Waals surface area contributed by atoms with E-state index in [0.717, 1.165) is 5.56 Å². The van der Waals surface area contributed by atoms with Crippen molar-refractivity contribution in [2.24, 2.45) is 10.9 Å². The molecule has 0 amide bonds. The monoisotopic (exact) mass is 278 g/mol. The van der Waals surface area contributed by atoms with E-state index in [1.54, 1.807) is 12.1 Å². The molecule has 1 aromatic carbocycles. The average Bonchev–Trinajstić information content (AvgIpc) is 2.27. The Balaban J connectivity index is 3.14. The summed E-state index contributed by atoms with van der Waals surface area (Å²) in [4.78, 5) is -0.0423. The number of benzene rings is 1. The summed E-state index contributed by atoms with van der Waals surface area (Å²) in [5.41, 5.74) is 6.44. The molecule has 0 aliphatic heterocycles. The second-order valence-electron chi connectivity index (χ2n) is 3.65. The van der Waals surface area contributed by atoms with Gasteiger partial charge in [-0.2, -0.15) is 0 Å². The maximum Gasteiger partial charge on any atom is 0.241 e. The molecule has 96 valence electrons. The zero-order valence-electron chi connectivity index (χ0n) is 9.39. The van der Waals surface area contributed by atoms with Crippen LogP contribution in [0.3, 0.4) is 0 Å². The van der Waals surface area contributed by atoms with Gasteiger partial charge in [-0.1, -0.05) is 6.07 Å². The first-order chi connectivity index (χ1) is 7.88. The second kappa shape index (κ2) is 5.68. The molecule has 0 spiro atoms. The minimum atomic E-state index is -3.81. The van der Waals surface area contributed by atoms with Crippen LogP contribution >= 0.6 is 11.6 Å². The Bertz CT molecular complexity index is 490. The molecule has 0 saturated carbocycles. The van der Waals surface area contributed by atoms with Gasteiger partial charge in [0.15, 0.2) is 0 Å². The molecule has 4 N–H and O–H groups in total. The standard InChI is InChI=1S/C10H15ClN2O3S/c1-16-9-3-2-7(4-8(12)6-11)5-10(9)17(13,14)15/h2-3,5,8H,4,6,12H2,1H3,(H2,13,14,15)/t8-/m1/s1. The molecule has 0 aliphatic rings. The normalized spacial score (nSPS) is 13.4. The van der Waals surface area contributed by atoms with Crippen molar-refractivity contribution in [3.63, 3.8) is 0 Å². The maximum absolute atomic E-state index is 11.4. The van der Waals surface area contributed by atoms with E-state index >= 15 is 0 Å². The van der Waals surface area contributed by atoms with Gasteiger partial charge in [0, 0.05) is 11.9 Å². The van der Waals surface area contributed by atoms with Gasteiger partial charge in [0.25, 0.3) is 0 Å². The van der Waals surface area contributed by atoms with Crippen LogP contribution in [0.1, 0.15) is 5.56 Å². The topological polar surface area (TPSA) is 95.4 Å². The summed E-state index contributed by atoms with van der Waals surface area (Å²) in [5.74, 6) is 0.521. The second-order valence-corrected chi connectivity index (χ2v) is 5.49. The molecule has 0 aliphatic carbocycles. The van der Waals surface area contributed by atoms with Crippen molar-refractivity contribution < 1.29 is 13.2 Å². The zero-order chi connectivity index (χ0) is 13.1. The van der Waals surface area contributed by atoms with Crippen LogP contribution in [0, 0.1) is 0 Å². The van der Waals surface area contributed by atoms with Crippen LogP contribution < -0.4 is 15.6 Å². The predicted molar refractivity (Wildman–Crippen MR) is 66.8 cm³/mol. The lowest BCUT2D eigenvalue weighted by atomic mass is 10.1. The van der Waals surface area contributed by atoms with Crippen molar-refractivity contribution in [3.8, 4) is 5.75 Å². The zero-order valence-corrected chi connectivity index (χ0v) is 11.0. The molecule has 0 radical (unpaired) electrons. The van der Waals surface area contributed by atoms with Crippen LogP contribution in [0.25, 0.3) is 0 Å². The summed E-state index contributed by atoms with van der Waals surface area (Å²) in [7, 11) is -2.43. The highest BCUT2D eigenvalue weighted by molar-refractivity contribution is 7.89. The largest absolute Gasteiger partial charge is 0.495 e. The van der Waals surface area contributed by atoms with Crippen molar-refractivity contribution in [2.45, 2.75) is 17.4 Å². The third-order valence-corrected chi connectivity index (χ3v) is 3.56. The first-order valence-electron chi connectivity index (χ1n) is 4.89. The number of halogens is 1. The minimum Gasteiger partial charge on any atom is -0.495 e. The Hall–Kier alpha value is -0.820. The number of nitrogens with two attached hydrogens (primary N) is 2. The lowest BCUT2D eigenvalue weighted by Crippen LogP contribution is -2.24. The van der Waals surface area contributed by atoms with Gasteiger partial charge < -0.3 is 10.5 Å². The Morgan fingerprint density at radius 1 is 1.47 bits per heavy atom. The summed E-state index contributed by atoms with van der Waals surface area (Å²) < 4.78 is 27.7. The number of primary sulfonamides is 1. The van der Waals surface area contributed by atoms with E-state index in [0.29, 0.717) is 12.3 Å². The van der Waals surface area contributed by atoms with Crippen LogP contribution in [0.4, 0.5) is 0 Å². The molecule has 17 heavy (non-hydrogen) atoms. The molecular formula is C10H15ClN2O3S. The first-order valence-corrected chi connectivity index (χ1v) is 6.98. The number of hydrogen-bond donors (Lipinski definition) is 2. The van der Waals surface area contributed by atoms with Crippen molar-refractivity contribution in [2.75, 3.05) is 13.0 Å². The summed E-state index contributed by atoms with van der Waals surface area (Å²) >= 11 is 5.60. The molecule has 0 unspecified atom stereocenters. The van der Waals surface area contributed by atoms with E-state index < -0.39 is 10.0 Å². The molecule has 1 aromatic rings. The third kappa shape index (κ3) is 3.85. The van der Waals surface area contributed by atoms with Gasteiger partial charge in [-0.15, -0.1) is 11.6 Å². The Kier molecular flexibility index (Phi) is 4.76. The highest BCUT2D eigenvalue weighted by atomic mass is 35.5. The summed E-state index contributed by atoms with van der Waals surface area (Å²) in [6.07, 6.45) is 0.482. The molecule has 0 aromatic heterocycles. The summed E-state index contributed by atoms with van der Waals surface area (Å²) in [6, 6.07) is 4.52. The van der Waals surface area contributed by atoms with E-state index in [1.807, 2.05) is 0 Å². The highest BCUT2D eigenvalue weighted by Gasteiger charge is 2.16. The predicted octanol–water partition coefficient (Wildman–Crippen LogP) is 0.451. The van der Waals surface area contributed by atoms with Crippen molar-refractivity contribution in [1.29, 1.82) is 0 Å². The van der Waals surface area contributed by atoms with Gasteiger partial charge in [-0.25, -0.2) is 13.6 Å². The number of methoxy groups -OCH3 is 1. The molecule has 0 bridgehead atoms. The number of sulfonamides is 1. The van der Waals surface area contributed by atoms with Gasteiger partial charge in [-0.05, 0) is 24.1 Å². The molecule has 0 saturated heterocycles. The van der Waals surface area contributed by atoms with Gasteiger partial charge >= 0.3 is 0 Å². The average molecular weight is 279 g/mol. The molecule has 7 heteroatoms. The lowest BCUT2D eigenvalue weighted by Gasteiger charge is -2.11. The fourth-order valence-corrected chi connectivity index (χ4v) is 2.28. The van der Waals surface area contributed by atoms with Crippen LogP contribution in [-0.4, -0.2) is 27.4 Å². The van der Waals surface area contributed by atoms with Crippen LogP contribution in [0.15, 0.2) is 23.1 Å². The maximum atomic E-state index is 11.4. The van der Waals surface area contributed by atoms with Gasteiger partial charge in [-0.3, -0.25) is 0 Å². The van der Waals surface area contributed by atoms with Crippen LogP contribution in [-0.2, 0) is 16.4 Å². The molecule has 1 rings (SSSR count). The van der Waals surface area contributed by atoms with E-state index in [-0.39, 0.29) is 16.7 Å². The summed E-state index contributed by atoms with van der Waals surface area (Å²) in [6.45, 7) is 0. The first kappa shape index (κ1) is 14.2. The Morgan fingerprint density at radius 3 is 2.59 bits per heavy atom. The van der Waals surface area contributed by atoms with Crippen molar-refractivity contribution in [3.05, 3.63) is 23.8 Å². The highest BCUT2D eigenvalue weighted by Crippen LogP contribution is 2.24. The number of ether oxygens (including phenoxy) is 1. The van der Waals surface area contributed by atoms with Gasteiger partial charge in [0.05, 0.1) is 7.11 Å². The lowest BCUT2D eigenvalue weighted by molar-refractivity contribution is 0.402. The third-order valence-electron chi connectivity index (χ3n) is 2.23. The SMILES string of the molecule is COc1ccc(C[C@@H](N)CCl)cc1S(N)(=O)=O. The van der Waals surface area contributed by atoms with E-state index in [2.05, 4.69) is 0 Å². The van der Waals surface area contributed by atoms with E-state index in [4.69, 9.17) is 27.2 Å². The van der Waals surface area contributed by atoms with Gasteiger partial charge in [0.1, 0.15) is 10.6 Å². The Labute approximate surface area is 106 Å². The number of rotatable bonds is 5. The Morgan fingerprint density at radius 2 is 2.12 bits per heavy atom. The van der Waals surface area contributed by atoms with Crippen molar-refractivity contribution in [1.82, 2.24) is 0 Å². The fourth-order valence-electron chi connectivity index (χ4n) is 1.43. The number of hydrogen-bond acceptors (Lipinski definition) is 4.